The van der Waals surface area contributed by atoms with Gasteiger partial charge in [-0.2, -0.15) is 13.2 Å². The smallest absolute Gasteiger partial charge is 0.370 e. The molecule has 0 fully saturated rings. The zero-order chi connectivity index (χ0) is 14.6. The van der Waals surface area contributed by atoms with Gasteiger partial charge in [-0.3, -0.25) is 0 Å². The van der Waals surface area contributed by atoms with Gasteiger partial charge >= 0.3 is 6.18 Å². The molecular weight excluding hydrogens is 271 g/mol. The van der Waals surface area contributed by atoms with E-state index in [0.29, 0.717) is 6.54 Å². The highest BCUT2D eigenvalue weighted by atomic mass is 19.4. The van der Waals surface area contributed by atoms with Crippen molar-refractivity contribution in [3.63, 3.8) is 0 Å². The number of anilines is 2. The number of alkyl halides is 5. The first-order chi connectivity index (χ1) is 8.74. The number of hydrogen-bond acceptors (Lipinski definition) is 4. The van der Waals surface area contributed by atoms with Crippen LogP contribution in [0.2, 0.25) is 0 Å². The van der Waals surface area contributed by atoms with Gasteiger partial charge in [0.25, 0.3) is 6.43 Å². The van der Waals surface area contributed by atoms with E-state index in [1.165, 1.54) is 13.1 Å². The Bertz CT molecular complexity index is 421. The first-order valence-corrected chi connectivity index (χ1v) is 5.43. The Hall–Kier alpha value is -1.67. The number of rotatable bonds is 5. The van der Waals surface area contributed by atoms with Crippen molar-refractivity contribution in [3.05, 3.63) is 11.9 Å². The molecule has 0 aliphatic carbocycles. The topological polar surface area (TPSA) is 41.0 Å². The normalized spacial score (nSPS) is 11.8. The van der Waals surface area contributed by atoms with Gasteiger partial charge in [-0.1, -0.05) is 0 Å². The van der Waals surface area contributed by atoms with Crippen LogP contribution in [-0.2, 0) is 6.18 Å². The molecule has 0 aromatic carbocycles. The maximum Gasteiger partial charge on any atom is 0.451 e. The van der Waals surface area contributed by atoms with E-state index in [1.54, 1.807) is 6.92 Å². The zero-order valence-corrected chi connectivity index (χ0v) is 10.3. The molecule has 0 atom stereocenters. The van der Waals surface area contributed by atoms with Crippen molar-refractivity contribution in [1.82, 2.24) is 9.97 Å². The minimum atomic E-state index is -4.73. The van der Waals surface area contributed by atoms with E-state index < -0.39 is 25.0 Å². The fourth-order valence-electron chi connectivity index (χ4n) is 1.33. The Labute approximate surface area is 106 Å². The van der Waals surface area contributed by atoms with E-state index in [9.17, 15) is 22.0 Å². The molecular formula is C10H13F5N4. The van der Waals surface area contributed by atoms with Gasteiger partial charge in [-0.25, -0.2) is 18.7 Å². The molecule has 1 heterocycles. The number of hydrogen-bond donors (Lipinski definition) is 1. The molecule has 0 unspecified atom stereocenters. The summed E-state index contributed by atoms with van der Waals surface area (Å²) in [5.74, 6) is -1.62. The lowest BCUT2D eigenvalue weighted by molar-refractivity contribution is -0.144. The molecule has 0 amide bonds. The van der Waals surface area contributed by atoms with Crippen LogP contribution < -0.4 is 10.2 Å². The molecule has 108 valence electrons. The van der Waals surface area contributed by atoms with Crippen LogP contribution in [0.1, 0.15) is 12.7 Å². The van der Waals surface area contributed by atoms with E-state index >= 15 is 0 Å². The summed E-state index contributed by atoms with van der Waals surface area (Å²) >= 11 is 0. The van der Waals surface area contributed by atoms with Gasteiger partial charge in [0.05, 0.1) is 6.54 Å². The van der Waals surface area contributed by atoms with Crippen molar-refractivity contribution in [2.75, 3.05) is 30.4 Å². The van der Waals surface area contributed by atoms with Crippen molar-refractivity contribution < 1.29 is 22.0 Å². The molecule has 9 heteroatoms. The lowest BCUT2D eigenvalue weighted by Crippen LogP contribution is -2.26. The van der Waals surface area contributed by atoms with Crippen molar-refractivity contribution in [2.24, 2.45) is 0 Å². The molecule has 0 saturated heterocycles. The molecule has 1 aromatic heterocycles. The molecule has 1 rings (SSSR count). The van der Waals surface area contributed by atoms with Crippen molar-refractivity contribution in [3.8, 4) is 0 Å². The van der Waals surface area contributed by atoms with Crippen LogP contribution >= 0.6 is 0 Å². The molecule has 0 radical (unpaired) electrons. The fraction of sp³-hybridized carbons (Fsp3) is 0.600. The first kappa shape index (κ1) is 15.4. The lowest BCUT2D eigenvalue weighted by atomic mass is 10.4. The summed E-state index contributed by atoms with van der Waals surface area (Å²) in [4.78, 5) is 7.50. The third-order valence-electron chi connectivity index (χ3n) is 2.13. The Morgan fingerprint density at radius 2 is 1.95 bits per heavy atom. The highest BCUT2D eigenvalue weighted by Crippen LogP contribution is 2.29. The summed E-state index contributed by atoms with van der Waals surface area (Å²) in [5.41, 5.74) is 0. The second-order valence-electron chi connectivity index (χ2n) is 3.73. The zero-order valence-electron chi connectivity index (χ0n) is 10.3. The maximum atomic E-state index is 12.6. The summed E-state index contributed by atoms with van der Waals surface area (Å²) in [6.07, 6.45) is -7.40. The molecule has 0 saturated carbocycles. The third kappa shape index (κ3) is 4.49. The summed E-state index contributed by atoms with van der Waals surface area (Å²) in [5, 5.41) is 2.60. The van der Waals surface area contributed by atoms with Crippen molar-refractivity contribution in [1.29, 1.82) is 0 Å². The summed E-state index contributed by atoms with van der Waals surface area (Å²) in [6.45, 7) is 1.32. The summed E-state index contributed by atoms with van der Waals surface area (Å²) in [6, 6.07) is 1.20. The molecule has 0 bridgehead atoms. The molecule has 4 nitrogen and oxygen atoms in total. The molecule has 0 aliphatic heterocycles. The van der Waals surface area contributed by atoms with E-state index in [0.717, 1.165) is 4.90 Å². The van der Waals surface area contributed by atoms with Crippen LogP contribution in [0.4, 0.5) is 33.6 Å². The minimum absolute atomic E-state index is 0.0547. The maximum absolute atomic E-state index is 12.6. The second-order valence-corrected chi connectivity index (χ2v) is 3.73. The van der Waals surface area contributed by atoms with E-state index in [2.05, 4.69) is 15.3 Å². The Kier molecular flexibility index (Phi) is 4.84. The average molecular weight is 284 g/mol. The van der Waals surface area contributed by atoms with Gasteiger partial charge < -0.3 is 10.2 Å². The number of nitrogens with one attached hydrogen (secondary N) is 1. The van der Waals surface area contributed by atoms with Crippen molar-refractivity contribution in [2.45, 2.75) is 19.5 Å². The number of aromatic nitrogens is 2. The standard InChI is InChI=1S/C10H13F5N4/c1-3-16-7-4-8(19(2)5-6(11)12)18-9(17-7)10(13,14)15/h4,6H,3,5H2,1-2H3,(H,16,17,18). The van der Waals surface area contributed by atoms with Crippen molar-refractivity contribution >= 4 is 11.6 Å². The van der Waals surface area contributed by atoms with E-state index in [4.69, 9.17) is 0 Å². The monoisotopic (exact) mass is 284 g/mol. The van der Waals surface area contributed by atoms with Gasteiger partial charge in [0.15, 0.2) is 0 Å². The average Bonchev–Trinajstić information content (AvgIpc) is 2.27. The molecule has 1 N–H and O–H groups in total. The predicted octanol–water partition coefficient (Wildman–Crippen LogP) is 2.63. The minimum Gasteiger partial charge on any atom is -0.370 e. The lowest BCUT2D eigenvalue weighted by Gasteiger charge is -2.19. The Balaban J connectivity index is 3.12. The van der Waals surface area contributed by atoms with Crippen LogP contribution in [0.3, 0.4) is 0 Å². The van der Waals surface area contributed by atoms with Crippen LogP contribution in [0, 0.1) is 0 Å². The number of halogens is 5. The van der Waals surface area contributed by atoms with Gasteiger partial charge in [-0.15, -0.1) is 0 Å². The second kappa shape index (κ2) is 5.98. The van der Waals surface area contributed by atoms with Crippen LogP contribution in [0.5, 0.6) is 0 Å². The van der Waals surface area contributed by atoms with Crippen LogP contribution in [0.15, 0.2) is 6.07 Å². The molecule has 19 heavy (non-hydrogen) atoms. The van der Waals surface area contributed by atoms with Gasteiger partial charge in [0, 0.05) is 19.7 Å². The third-order valence-corrected chi connectivity index (χ3v) is 2.13. The summed E-state index contributed by atoms with van der Waals surface area (Å²) in [7, 11) is 1.24. The Morgan fingerprint density at radius 1 is 1.32 bits per heavy atom. The molecule has 1 aromatic rings. The van der Waals surface area contributed by atoms with E-state index in [1.807, 2.05) is 0 Å². The van der Waals surface area contributed by atoms with Gasteiger partial charge in [0.2, 0.25) is 5.82 Å². The molecule has 0 spiro atoms. The van der Waals surface area contributed by atoms with Crippen LogP contribution in [0.25, 0.3) is 0 Å². The highest BCUT2D eigenvalue weighted by molar-refractivity contribution is 5.49. The van der Waals surface area contributed by atoms with E-state index in [-0.39, 0.29) is 11.6 Å². The predicted molar refractivity (Wildman–Crippen MR) is 60.5 cm³/mol. The highest BCUT2D eigenvalue weighted by Gasteiger charge is 2.35. The van der Waals surface area contributed by atoms with Gasteiger partial charge in [-0.05, 0) is 6.92 Å². The first-order valence-electron chi connectivity index (χ1n) is 5.43. The largest absolute Gasteiger partial charge is 0.451 e. The summed E-state index contributed by atoms with van der Waals surface area (Å²) < 4.78 is 62.2. The Morgan fingerprint density at radius 3 is 2.42 bits per heavy atom. The number of nitrogens with zero attached hydrogens (tertiary/aromatic N) is 3. The quantitative estimate of drug-likeness (QED) is 0.844. The fourth-order valence-corrected chi connectivity index (χ4v) is 1.33. The van der Waals surface area contributed by atoms with Crippen LogP contribution in [-0.4, -0.2) is 36.5 Å². The van der Waals surface area contributed by atoms with Gasteiger partial charge in [0.1, 0.15) is 11.6 Å². The SMILES string of the molecule is CCNc1cc(N(C)CC(F)F)nc(C(F)(F)F)n1. The molecule has 0 aliphatic rings.